The molecule has 1 fully saturated rings. The summed E-state index contributed by atoms with van der Waals surface area (Å²) in [6, 6.07) is 6.18. The molecule has 1 saturated carbocycles. The number of rotatable bonds is 2. The van der Waals surface area contributed by atoms with Gasteiger partial charge in [0.25, 0.3) is 0 Å². The van der Waals surface area contributed by atoms with Crippen LogP contribution in [-0.4, -0.2) is 23.7 Å². The van der Waals surface area contributed by atoms with E-state index in [1.807, 2.05) is 12.1 Å². The van der Waals surface area contributed by atoms with Crippen LogP contribution in [-0.2, 0) is 6.42 Å². The fourth-order valence-electron chi connectivity index (χ4n) is 4.08. The van der Waals surface area contributed by atoms with Crippen LogP contribution >= 0.6 is 0 Å². The first-order valence-corrected chi connectivity index (χ1v) is 7.67. The predicted molar refractivity (Wildman–Crippen MR) is 80.4 cm³/mol. The fraction of sp³-hybridized carbons (Fsp3) is 0.588. The molecule has 108 valence electrons. The zero-order valence-electron chi connectivity index (χ0n) is 12.3. The lowest BCUT2D eigenvalue weighted by atomic mass is 9.80. The normalized spacial score (nSPS) is 29.3. The third-order valence-corrected chi connectivity index (χ3v) is 4.86. The Kier molecular flexibility index (Phi) is 3.45. The number of benzene rings is 1. The van der Waals surface area contributed by atoms with E-state index in [9.17, 15) is 9.90 Å². The molecule has 20 heavy (non-hydrogen) atoms. The van der Waals surface area contributed by atoms with E-state index in [-0.39, 0.29) is 0 Å². The maximum Gasteiger partial charge on any atom is 0.335 e. The monoisotopic (exact) mass is 273 g/mol. The molecule has 2 aliphatic rings. The molecule has 0 saturated heterocycles. The van der Waals surface area contributed by atoms with Gasteiger partial charge < -0.3 is 10.0 Å². The molecule has 1 N–H and O–H groups in total. The smallest absolute Gasteiger partial charge is 0.335 e. The third-order valence-electron chi connectivity index (χ3n) is 4.86. The van der Waals surface area contributed by atoms with Crippen molar-refractivity contribution in [2.24, 2.45) is 11.8 Å². The highest BCUT2D eigenvalue weighted by Crippen LogP contribution is 2.38. The average molecular weight is 273 g/mol. The molecule has 2 atom stereocenters. The second-order valence-corrected chi connectivity index (χ2v) is 6.66. The first kappa shape index (κ1) is 13.5. The van der Waals surface area contributed by atoms with Crippen LogP contribution in [0, 0.1) is 11.8 Å². The van der Waals surface area contributed by atoms with Crippen molar-refractivity contribution in [3.8, 4) is 0 Å². The Hall–Kier alpha value is -1.51. The third kappa shape index (κ3) is 2.41. The van der Waals surface area contributed by atoms with Crippen molar-refractivity contribution in [1.29, 1.82) is 0 Å². The summed E-state index contributed by atoms with van der Waals surface area (Å²) in [5.74, 6) is 0.718. The average Bonchev–Trinajstić information content (AvgIpc) is 2.80. The molecule has 1 aromatic carbocycles. The molecule has 0 spiro atoms. The quantitative estimate of drug-likeness (QED) is 0.895. The molecular weight excluding hydrogens is 250 g/mol. The van der Waals surface area contributed by atoms with Crippen LogP contribution in [0.4, 0.5) is 5.69 Å². The summed E-state index contributed by atoms with van der Waals surface area (Å²) >= 11 is 0. The van der Waals surface area contributed by atoms with Crippen molar-refractivity contribution < 1.29 is 9.90 Å². The van der Waals surface area contributed by atoms with Gasteiger partial charge in [0.05, 0.1) is 5.56 Å². The van der Waals surface area contributed by atoms with Gasteiger partial charge in [-0.2, -0.15) is 0 Å². The van der Waals surface area contributed by atoms with E-state index in [1.54, 1.807) is 6.07 Å². The number of nitrogens with zero attached hydrogens (tertiary/aromatic N) is 1. The lowest BCUT2D eigenvalue weighted by Crippen LogP contribution is -2.39. The molecule has 2 unspecified atom stereocenters. The topological polar surface area (TPSA) is 40.5 Å². The van der Waals surface area contributed by atoms with Crippen LogP contribution in [0.3, 0.4) is 0 Å². The molecule has 3 heteroatoms. The zero-order valence-corrected chi connectivity index (χ0v) is 12.3. The molecule has 1 aromatic rings. The van der Waals surface area contributed by atoms with Gasteiger partial charge in [-0.1, -0.05) is 19.9 Å². The van der Waals surface area contributed by atoms with Crippen LogP contribution in [0.1, 0.15) is 49.0 Å². The maximum atomic E-state index is 11.2. The van der Waals surface area contributed by atoms with Gasteiger partial charge >= 0.3 is 5.97 Å². The van der Waals surface area contributed by atoms with Gasteiger partial charge in [-0.25, -0.2) is 4.79 Å². The Morgan fingerprint density at radius 3 is 2.55 bits per heavy atom. The number of fused-ring (bicyclic) bond motifs is 1. The summed E-state index contributed by atoms with van der Waals surface area (Å²) in [6.07, 6.45) is 4.85. The highest BCUT2D eigenvalue weighted by molar-refractivity contribution is 5.89. The van der Waals surface area contributed by atoms with E-state index in [2.05, 4.69) is 18.7 Å². The molecule has 0 bridgehead atoms. The molecule has 3 rings (SSSR count). The number of carbonyl (C=O) groups is 1. The van der Waals surface area contributed by atoms with E-state index >= 15 is 0 Å². The second-order valence-electron chi connectivity index (χ2n) is 6.66. The number of anilines is 1. The molecule has 0 amide bonds. The van der Waals surface area contributed by atoms with E-state index in [4.69, 9.17) is 0 Å². The lowest BCUT2D eigenvalue weighted by molar-refractivity contribution is 0.0697. The molecular formula is C17H23NO2. The van der Waals surface area contributed by atoms with E-state index in [1.165, 1.54) is 24.8 Å². The molecule has 1 aliphatic carbocycles. The number of hydrogen-bond donors (Lipinski definition) is 1. The fourth-order valence-corrected chi connectivity index (χ4v) is 4.08. The van der Waals surface area contributed by atoms with Gasteiger partial charge in [0.1, 0.15) is 0 Å². The minimum atomic E-state index is -0.829. The molecule has 0 radical (unpaired) electrons. The minimum Gasteiger partial charge on any atom is -0.478 e. The SMILES string of the molecule is CC1CC(C)CC(N2CCc3ccc(C(=O)O)cc32)C1. The maximum absolute atomic E-state index is 11.2. The van der Waals surface area contributed by atoms with Gasteiger partial charge in [0.15, 0.2) is 0 Å². The van der Waals surface area contributed by atoms with Crippen molar-refractivity contribution in [2.45, 2.75) is 45.6 Å². The summed E-state index contributed by atoms with van der Waals surface area (Å²) in [4.78, 5) is 13.6. The van der Waals surface area contributed by atoms with Crippen molar-refractivity contribution in [3.05, 3.63) is 29.3 Å². The summed E-state index contributed by atoms with van der Waals surface area (Å²) in [6.45, 7) is 5.73. The summed E-state index contributed by atoms with van der Waals surface area (Å²) in [5.41, 5.74) is 2.88. The van der Waals surface area contributed by atoms with Gasteiger partial charge in [-0.15, -0.1) is 0 Å². The number of aromatic carboxylic acids is 1. The van der Waals surface area contributed by atoms with Gasteiger partial charge in [0.2, 0.25) is 0 Å². The number of carboxylic acids is 1. The highest BCUT2D eigenvalue weighted by Gasteiger charge is 2.32. The molecule has 0 aromatic heterocycles. The van der Waals surface area contributed by atoms with Crippen LogP contribution in [0.2, 0.25) is 0 Å². The standard InChI is InChI=1S/C17H23NO2/c1-11-7-12(2)9-15(8-11)18-6-5-13-3-4-14(17(19)20)10-16(13)18/h3-4,10-12,15H,5-9H2,1-2H3,(H,19,20). The summed E-state index contributed by atoms with van der Waals surface area (Å²) < 4.78 is 0. The van der Waals surface area contributed by atoms with E-state index in [0.29, 0.717) is 11.6 Å². The van der Waals surface area contributed by atoms with Crippen molar-refractivity contribution in [2.75, 3.05) is 11.4 Å². The van der Waals surface area contributed by atoms with Crippen LogP contribution in [0.5, 0.6) is 0 Å². The van der Waals surface area contributed by atoms with E-state index < -0.39 is 5.97 Å². The lowest BCUT2D eigenvalue weighted by Gasteiger charge is -2.38. The Labute approximate surface area is 120 Å². The number of carboxylic acid groups (broad SMARTS) is 1. The van der Waals surface area contributed by atoms with Crippen molar-refractivity contribution in [3.63, 3.8) is 0 Å². The largest absolute Gasteiger partial charge is 0.478 e. The van der Waals surface area contributed by atoms with Gasteiger partial charge in [0, 0.05) is 18.3 Å². The zero-order chi connectivity index (χ0) is 14.3. The van der Waals surface area contributed by atoms with Crippen LogP contribution < -0.4 is 4.90 Å². The van der Waals surface area contributed by atoms with Gasteiger partial charge in [-0.05, 0) is 55.2 Å². The Bertz CT molecular complexity index is 516. The first-order valence-electron chi connectivity index (χ1n) is 7.67. The first-order chi connectivity index (χ1) is 9.54. The summed E-state index contributed by atoms with van der Waals surface area (Å²) in [5, 5.41) is 9.18. The Morgan fingerprint density at radius 1 is 1.20 bits per heavy atom. The Morgan fingerprint density at radius 2 is 1.90 bits per heavy atom. The Balaban J connectivity index is 1.88. The van der Waals surface area contributed by atoms with Crippen molar-refractivity contribution in [1.82, 2.24) is 0 Å². The molecule has 1 aliphatic heterocycles. The second kappa shape index (κ2) is 5.12. The minimum absolute atomic E-state index is 0.410. The predicted octanol–water partition coefficient (Wildman–Crippen LogP) is 3.57. The van der Waals surface area contributed by atoms with Gasteiger partial charge in [-0.3, -0.25) is 0 Å². The molecule has 3 nitrogen and oxygen atoms in total. The summed E-state index contributed by atoms with van der Waals surface area (Å²) in [7, 11) is 0. The van der Waals surface area contributed by atoms with Crippen molar-refractivity contribution >= 4 is 11.7 Å². The van der Waals surface area contributed by atoms with Crippen LogP contribution in [0.25, 0.3) is 0 Å². The van der Waals surface area contributed by atoms with Crippen LogP contribution in [0.15, 0.2) is 18.2 Å². The molecule has 1 heterocycles. The van der Waals surface area contributed by atoms with E-state index in [0.717, 1.165) is 30.5 Å². The highest BCUT2D eigenvalue weighted by atomic mass is 16.4. The number of hydrogen-bond acceptors (Lipinski definition) is 2.